The van der Waals surface area contributed by atoms with Crippen LogP contribution in [0.25, 0.3) is 0 Å². The Morgan fingerprint density at radius 3 is 2.90 bits per heavy atom. The standard InChI is InChI=1S/C15H21FN2O2S/c1-10-3-2-4-12(7-10)21(20)9-15(19)18-14-6-5-11(16)8-13(14)17/h5-6,8,10,12H,2-4,7,9,17H2,1H3,(H,18,19). The van der Waals surface area contributed by atoms with Crippen molar-refractivity contribution >= 4 is 28.1 Å². The maximum Gasteiger partial charge on any atom is 0.237 e. The smallest absolute Gasteiger partial charge is 0.237 e. The lowest BCUT2D eigenvalue weighted by Crippen LogP contribution is -2.29. The van der Waals surface area contributed by atoms with Crippen molar-refractivity contribution < 1.29 is 13.4 Å². The fraction of sp³-hybridized carbons (Fsp3) is 0.533. The number of hydrogen-bond acceptors (Lipinski definition) is 3. The Morgan fingerprint density at radius 1 is 1.48 bits per heavy atom. The Labute approximate surface area is 126 Å². The van der Waals surface area contributed by atoms with E-state index in [1.807, 2.05) is 0 Å². The van der Waals surface area contributed by atoms with Gasteiger partial charge in [-0.05, 0) is 37.0 Å². The Hall–Kier alpha value is -1.43. The molecule has 0 spiro atoms. The molecule has 4 nitrogen and oxygen atoms in total. The molecule has 3 atom stereocenters. The molecule has 2 rings (SSSR count). The van der Waals surface area contributed by atoms with Crippen LogP contribution < -0.4 is 11.1 Å². The molecule has 0 radical (unpaired) electrons. The minimum Gasteiger partial charge on any atom is -0.397 e. The molecule has 1 aliphatic rings. The van der Waals surface area contributed by atoms with Gasteiger partial charge in [-0.15, -0.1) is 0 Å². The van der Waals surface area contributed by atoms with Crippen LogP contribution in [0, 0.1) is 11.7 Å². The number of rotatable bonds is 4. The molecular weight excluding hydrogens is 291 g/mol. The van der Waals surface area contributed by atoms with E-state index in [2.05, 4.69) is 12.2 Å². The highest BCUT2D eigenvalue weighted by Gasteiger charge is 2.25. The van der Waals surface area contributed by atoms with E-state index in [0.29, 0.717) is 11.6 Å². The summed E-state index contributed by atoms with van der Waals surface area (Å²) in [6.45, 7) is 2.16. The maximum absolute atomic E-state index is 12.9. The fourth-order valence-electron chi connectivity index (χ4n) is 2.70. The lowest BCUT2D eigenvalue weighted by atomic mass is 9.91. The summed E-state index contributed by atoms with van der Waals surface area (Å²) in [4.78, 5) is 11.9. The molecule has 0 bridgehead atoms. The number of hydrogen-bond donors (Lipinski definition) is 2. The van der Waals surface area contributed by atoms with Crippen molar-refractivity contribution in [2.45, 2.75) is 37.9 Å². The van der Waals surface area contributed by atoms with Gasteiger partial charge in [0.2, 0.25) is 5.91 Å². The number of benzene rings is 1. The molecule has 1 saturated carbocycles. The van der Waals surface area contributed by atoms with Crippen LogP contribution in [0.4, 0.5) is 15.8 Å². The average molecular weight is 312 g/mol. The van der Waals surface area contributed by atoms with Gasteiger partial charge in [0.15, 0.2) is 0 Å². The molecule has 1 aliphatic carbocycles. The lowest BCUT2D eigenvalue weighted by Gasteiger charge is -2.25. The van der Waals surface area contributed by atoms with Gasteiger partial charge < -0.3 is 11.1 Å². The molecule has 0 aliphatic heterocycles. The third kappa shape index (κ3) is 4.52. The van der Waals surface area contributed by atoms with E-state index in [4.69, 9.17) is 5.73 Å². The van der Waals surface area contributed by atoms with Gasteiger partial charge in [-0.3, -0.25) is 9.00 Å². The van der Waals surface area contributed by atoms with Crippen molar-refractivity contribution in [2.75, 3.05) is 16.8 Å². The normalized spacial score (nSPS) is 23.5. The molecule has 3 unspecified atom stereocenters. The van der Waals surface area contributed by atoms with Gasteiger partial charge in [0, 0.05) is 16.0 Å². The Kier molecular flexibility index (Phi) is 5.33. The summed E-state index contributed by atoms with van der Waals surface area (Å²) in [6.07, 6.45) is 4.08. The molecule has 1 aromatic rings. The molecular formula is C15H21FN2O2S. The second-order valence-corrected chi connectivity index (χ2v) is 7.42. The van der Waals surface area contributed by atoms with Crippen LogP contribution in [0.15, 0.2) is 18.2 Å². The predicted octanol–water partition coefficient (Wildman–Crippen LogP) is 2.67. The number of nitrogens with two attached hydrogens (primary N) is 1. The molecule has 3 N–H and O–H groups in total. The van der Waals surface area contributed by atoms with Crippen molar-refractivity contribution in [3.63, 3.8) is 0 Å². The van der Waals surface area contributed by atoms with Crippen molar-refractivity contribution in [2.24, 2.45) is 5.92 Å². The molecule has 116 valence electrons. The van der Waals surface area contributed by atoms with Gasteiger partial charge in [-0.25, -0.2) is 4.39 Å². The summed E-state index contributed by atoms with van der Waals surface area (Å²) >= 11 is 0. The monoisotopic (exact) mass is 312 g/mol. The minimum absolute atomic E-state index is 0.0335. The number of anilines is 2. The van der Waals surface area contributed by atoms with E-state index in [1.54, 1.807) is 0 Å². The summed E-state index contributed by atoms with van der Waals surface area (Å²) < 4.78 is 25.2. The van der Waals surface area contributed by atoms with E-state index in [-0.39, 0.29) is 22.6 Å². The molecule has 21 heavy (non-hydrogen) atoms. The van der Waals surface area contributed by atoms with Gasteiger partial charge >= 0.3 is 0 Å². The van der Waals surface area contributed by atoms with Crippen LogP contribution in [0.5, 0.6) is 0 Å². The maximum atomic E-state index is 12.9. The Bertz CT molecular complexity index is 550. The zero-order valence-corrected chi connectivity index (χ0v) is 12.9. The van der Waals surface area contributed by atoms with Crippen LogP contribution in [-0.2, 0) is 15.6 Å². The summed E-state index contributed by atoms with van der Waals surface area (Å²) in [7, 11) is -1.17. The second-order valence-electron chi connectivity index (χ2n) is 5.70. The minimum atomic E-state index is -1.17. The topological polar surface area (TPSA) is 72.2 Å². The van der Waals surface area contributed by atoms with Crippen LogP contribution in [0.3, 0.4) is 0 Å². The number of nitrogen functional groups attached to an aromatic ring is 1. The Balaban J connectivity index is 1.90. The van der Waals surface area contributed by atoms with Gasteiger partial charge in [-0.2, -0.15) is 0 Å². The Morgan fingerprint density at radius 2 is 2.24 bits per heavy atom. The molecule has 0 saturated heterocycles. The van der Waals surface area contributed by atoms with Crippen molar-refractivity contribution in [1.82, 2.24) is 0 Å². The van der Waals surface area contributed by atoms with Crippen LogP contribution in [0.1, 0.15) is 32.6 Å². The fourth-order valence-corrected chi connectivity index (χ4v) is 4.24. The van der Waals surface area contributed by atoms with Gasteiger partial charge in [-0.1, -0.05) is 19.8 Å². The van der Waals surface area contributed by atoms with E-state index in [9.17, 15) is 13.4 Å². The molecule has 0 heterocycles. The van der Waals surface area contributed by atoms with E-state index in [0.717, 1.165) is 25.3 Å². The SMILES string of the molecule is CC1CCCC(S(=O)CC(=O)Nc2ccc(F)cc2N)C1. The van der Waals surface area contributed by atoms with E-state index >= 15 is 0 Å². The first kappa shape index (κ1) is 15.9. The van der Waals surface area contributed by atoms with Gasteiger partial charge in [0.05, 0.1) is 11.4 Å². The first-order valence-electron chi connectivity index (χ1n) is 7.17. The zero-order chi connectivity index (χ0) is 15.4. The molecule has 6 heteroatoms. The van der Waals surface area contributed by atoms with Crippen LogP contribution in [0.2, 0.25) is 0 Å². The number of amides is 1. The average Bonchev–Trinajstić information content (AvgIpc) is 2.42. The molecule has 1 aromatic carbocycles. The quantitative estimate of drug-likeness (QED) is 0.840. The highest BCUT2D eigenvalue weighted by Crippen LogP contribution is 2.27. The van der Waals surface area contributed by atoms with Crippen LogP contribution in [-0.4, -0.2) is 21.1 Å². The zero-order valence-electron chi connectivity index (χ0n) is 12.1. The number of carbonyl (C=O) groups is 1. The molecule has 0 aromatic heterocycles. The molecule has 1 amide bonds. The molecule has 1 fully saturated rings. The third-order valence-corrected chi connectivity index (χ3v) is 5.54. The first-order valence-corrected chi connectivity index (χ1v) is 8.56. The number of carbonyl (C=O) groups excluding carboxylic acids is 1. The highest BCUT2D eigenvalue weighted by atomic mass is 32.2. The van der Waals surface area contributed by atoms with Crippen molar-refractivity contribution in [3.05, 3.63) is 24.0 Å². The van der Waals surface area contributed by atoms with E-state index < -0.39 is 16.6 Å². The highest BCUT2D eigenvalue weighted by molar-refractivity contribution is 7.86. The van der Waals surface area contributed by atoms with E-state index in [1.165, 1.54) is 18.6 Å². The largest absolute Gasteiger partial charge is 0.397 e. The number of halogens is 1. The van der Waals surface area contributed by atoms with Crippen LogP contribution >= 0.6 is 0 Å². The van der Waals surface area contributed by atoms with Gasteiger partial charge in [0.25, 0.3) is 0 Å². The second kappa shape index (κ2) is 7.02. The summed E-state index contributed by atoms with van der Waals surface area (Å²) in [5, 5.41) is 2.70. The summed E-state index contributed by atoms with van der Waals surface area (Å²) in [5.41, 5.74) is 6.15. The lowest BCUT2D eigenvalue weighted by molar-refractivity contribution is -0.113. The third-order valence-electron chi connectivity index (χ3n) is 3.82. The first-order chi connectivity index (χ1) is 9.95. The summed E-state index contributed by atoms with van der Waals surface area (Å²) in [5.74, 6) is -0.257. The number of nitrogens with one attached hydrogen (secondary N) is 1. The summed E-state index contributed by atoms with van der Waals surface area (Å²) in [6, 6.07) is 3.79. The van der Waals surface area contributed by atoms with Crippen molar-refractivity contribution in [1.29, 1.82) is 0 Å². The van der Waals surface area contributed by atoms with Crippen molar-refractivity contribution in [3.8, 4) is 0 Å². The van der Waals surface area contributed by atoms with Gasteiger partial charge in [0.1, 0.15) is 11.6 Å². The predicted molar refractivity (Wildman–Crippen MR) is 83.9 cm³/mol.